The molecule has 0 radical (unpaired) electrons. The number of hydrogen-bond donors (Lipinski definition) is 0. The fourth-order valence-corrected chi connectivity index (χ4v) is 1.84. The fraction of sp³-hybridized carbons (Fsp3) is 0.500. The van der Waals surface area contributed by atoms with Crippen LogP contribution in [0.1, 0.15) is 26.3 Å². The predicted octanol–water partition coefficient (Wildman–Crippen LogP) is 3.76. The van der Waals surface area contributed by atoms with E-state index in [0.29, 0.717) is 0 Å². The molecule has 0 saturated carbocycles. The van der Waals surface area contributed by atoms with E-state index < -0.39 is 54.6 Å². The first-order valence-electron chi connectivity index (χ1n) is 8.47. The van der Waals surface area contributed by atoms with E-state index in [1.54, 1.807) is 13.8 Å². The molecule has 0 bridgehead atoms. The SMILES string of the molecule is CC(C)[C@H](C)OC(=O)[C@H](Cc1ccc(OC(=O)C(F)(F)F)cc1)OC(=O)C(F)(F)F. The van der Waals surface area contributed by atoms with Crippen LogP contribution >= 0.6 is 0 Å². The van der Waals surface area contributed by atoms with E-state index >= 15 is 0 Å². The molecule has 2 atom stereocenters. The number of ether oxygens (including phenoxy) is 3. The second-order valence-electron chi connectivity index (χ2n) is 6.51. The third-order valence-electron chi connectivity index (χ3n) is 3.77. The zero-order chi connectivity index (χ0) is 23.3. The van der Waals surface area contributed by atoms with Gasteiger partial charge in [-0.1, -0.05) is 26.0 Å². The summed E-state index contributed by atoms with van der Waals surface area (Å²) < 4.78 is 87.4. The summed E-state index contributed by atoms with van der Waals surface area (Å²) in [6, 6.07) is 4.05. The number of carbonyl (C=O) groups excluding carboxylic acids is 3. The molecule has 0 amide bonds. The Balaban J connectivity index is 2.96. The molecule has 1 aromatic rings. The van der Waals surface area contributed by atoms with E-state index in [1.165, 1.54) is 6.92 Å². The van der Waals surface area contributed by atoms with E-state index in [1.807, 2.05) is 0 Å². The standard InChI is InChI=1S/C18H18F6O6/c1-9(2)10(3)28-14(25)13(30-16(27)18(22,23)24)8-11-4-6-12(7-5-11)29-15(26)17(19,20)21/h4-7,9-10,13H,8H2,1-3H3/t10-,13-/m0/s1. The molecule has 0 aliphatic carbocycles. The molecule has 0 aliphatic heterocycles. The predicted molar refractivity (Wildman–Crippen MR) is 88.2 cm³/mol. The van der Waals surface area contributed by atoms with Crippen molar-refractivity contribution in [3.8, 4) is 5.75 Å². The Hall–Kier alpha value is -2.79. The largest absolute Gasteiger partial charge is 0.491 e. The van der Waals surface area contributed by atoms with Crippen molar-refractivity contribution in [2.24, 2.45) is 5.92 Å². The van der Waals surface area contributed by atoms with Crippen molar-refractivity contribution in [2.75, 3.05) is 0 Å². The Labute approximate surface area is 167 Å². The Morgan fingerprint density at radius 2 is 1.33 bits per heavy atom. The highest BCUT2D eigenvalue weighted by molar-refractivity contribution is 5.82. The third-order valence-corrected chi connectivity index (χ3v) is 3.77. The normalized spacial score (nSPS) is 14.1. The molecule has 12 heteroatoms. The summed E-state index contributed by atoms with van der Waals surface area (Å²) in [5, 5.41) is 0. The number of halogens is 6. The van der Waals surface area contributed by atoms with Crippen LogP contribution in [0.4, 0.5) is 26.3 Å². The number of alkyl halides is 6. The van der Waals surface area contributed by atoms with Crippen LogP contribution in [-0.4, -0.2) is 42.5 Å². The highest BCUT2D eigenvalue weighted by Crippen LogP contribution is 2.23. The molecular formula is C18H18F6O6. The molecule has 6 nitrogen and oxygen atoms in total. The fourth-order valence-electron chi connectivity index (χ4n) is 1.84. The van der Waals surface area contributed by atoms with E-state index in [2.05, 4.69) is 9.47 Å². The second-order valence-corrected chi connectivity index (χ2v) is 6.51. The van der Waals surface area contributed by atoms with E-state index in [4.69, 9.17) is 4.74 Å². The van der Waals surface area contributed by atoms with E-state index in [-0.39, 0.29) is 11.5 Å². The lowest BCUT2D eigenvalue weighted by Gasteiger charge is -2.22. The maximum Gasteiger partial charge on any atom is 0.491 e. The van der Waals surface area contributed by atoms with Gasteiger partial charge < -0.3 is 14.2 Å². The van der Waals surface area contributed by atoms with Crippen LogP contribution in [0, 0.1) is 5.92 Å². The van der Waals surface area contributed by atoms with Gasteiger partial charge in [-0.3, -0.25) is 0 Å². The molecule has 168 valence electrons. The molecule has 0 N–H and O–H groups in total. The van der Waals surface area contributed by atoms with Crippen LogP contribution in [0.15, 0.2) is 24.3 Å². The molecule has 0 heterocycles. The van der Waals surface area contributed by atoms with E-state index in [0.717, 1.165) is 24.3 Å². The monoisotopic (exact) mass is 444 g/mol. The smallest absolute Gasteiger partial charge is 0.460 e. The average molecular weight is 444 g/mol. The van der Waals surface area contributed by atoms with Gasteiger partial charge in [-0.15, -0.1) is 0 Å². The maximum atomic E-state index is 12.5. The van der Waals surface area contributed by atoms with Crippen molar-refractivity contribution in [3.63, 3.8) is 0 Å². The third kappa shape index (κ3) is 7.91. The number of benzene rings is 1. The average Bonchev–Trinajstić information content (AvgIpc) is 2.60. The van der Waals surface area contributed by atoms with Gasteiger partial charge in [0, 0.05) is 6.42 Å². The van der Waals surface area contributed by atoms with Crippen molar-refractivity contribution < 1.29 is 54.9 Å². The quantitative estimate of drug-likeness (QED) is 0.362. The first-order chi connectivity index (χ1) is 13.6. The minimum atomic E-state index is -5.35. The molecule has 1 aromatic carbocycles. The summed E-state index contributed by atoms with van der Waals surface area (Å²) in [7, 11) is 0. The van der Waals surface area contributed by atoms with Crippen LogP contribution < -0.4 is 4.74 Å². The summed E-state index contributed by atoms with van der Waals surface area (Å²) in [4.78, 5) is 34.1. The summed E-state index contributed by atoms with van der Waals surface area (Å²) >= 11 is 0. The van der Waals surface area contributed by atoms with Crippen LogP contribution in [0.25, 0.3) is 0 Å². The zero-order valence-electron chi connectivity index (χ0n) is 16.0. The lowest BCUT2D eigenvalue weighted by atomic mass is 10.1. The van der Waals surface area contributed by atoms with Gasteiger partial charge in [0.15, 0.2) is 0 Å². The van der Waals surface area contributed by atoms with Crippen molar-refractivity contribution >= 4 is 17.9 Å². The first-order valence-corrected chi connectivity index (χ1v) is 8.47. The molecule has 0 aromatic heterocycles. The summed E-state index contributed by atoms with van der Waals surface area (Å²) in [6.07, 6.45) is -13.8. The number of esters is 3. The molecule has 0 saturated heterocycles. The van der Waals surface area contributed by atoms with Gasteiger partial charge >= 0.3 is 30.3 Å². The number of carbonyl (C=O) groups is 3. The maximum absolute atomic E-state index is 12.5. The Morgan fingerprint density at radius 3 is 1.77 bits per heavy atom. The van der Waals surface area contributed by atoms with E-state index in [9.17, 15) is 40.7 Å². The van der Waals surface area contributed by atoms with Gasteiger partial charge in [0.25, 0.3) is 0 Å². The first kappa shape index (κ1) is 25.2. The molecule has 0 fully saturated rings. The lowest BCUT2D eigenvalue weighted by molar-refractivity contribution is -0.209. The Bertz CT molecular complexity index is 754. The number of rotatable bonds is 7. The van der Waals surface area contributed by atoms with Gasteiger partial charge in [-0.05, 0) is 30.5 Å². The minimum absolute atomic E-state index is 0.107. The molecule has 0 aliphatic rings. The van der Waals surface area contributed by atoms with Gasteiger partial charge in [0.1, 0.15) is 11.9 Å². The van der Waals surface area contributed by atoms with Crippen LogP contribution in [-0.2, 0) is 30.3 Å². The minimum Gasteiger partial charge on any atom is -0.460 e. The topological polar surface area (TPSA) is 78.9 Å². The molecule has 30 heavy (non-hydrogen) atoms. The number of hydrogen-bond acceptors (Lipinski definition) is 6. The lowest BCUT2D eigenvalue weighted by Crippen LogP contribution is -2.38. The van der Waals surface area contributed by atoms with Gasteiger partial charge in [0.2, 0.25) is 6.10 Å². The summed E-state index contributed by atoms with van der Waals surface area (Å²) in [5.41, 5.74) is 0.107. The van der Waals surface area contributed by atoms with Crippen molar-refractivity contribution in [2.45, 2.75) is 51.8 Å². The van der Waals surface area contributed by atoms with Gasteiger partial charge in [0.05, 0.1) is 0 Å². The molecule has 1 rings (SSSR count). The van der Waals surface area contributed by atoms with Gasteiger partial charge in [-0.2, -0.15) is 26.3 Å². The summed E-state index contributed by atoms with van der Waals surface area (Å²) in [6.45, 7) is 4.88. The van der Waals surface area contributed by atoms with Gasteiger partial charge in [-0.25, -0.2) is 14.4 Å². The summed E-state index contributed by atoms with van der Waals surface area (Å²) in [5.74, 6) is -6.94. The zero-order valence-corrected chi connectivity index (χ0v) is 16.0. The molecular weight excluding hydrogens is 426 g/mol. The Kier molecular flexibility index (Phi) is 8.25. The second kappa shape index (κ2) is 9.81. The van der Waals surface area contributed by atoms with Crippen LogP contribution in [0.2, 0.25) is 0 Å². The van der Waals surface area contributed by atoms with Crippen LogP contribution in [0.3, 0.4) is 0 Å². The van der Waals surface area contributed by atoms with Crippen molar-refractivity contribution in [1.82, 2.24) is 0 Å². The van der Waals surface area contributed by atoms with Crippen molar-refractivity contribution in [1.29, 1.82) is 0 Å². The molecule has 0 unspecified atom stereocenters. The highest BCUT2D eigenvalue weighted by atomic mass is 19.4. The molecule has 0 spiro atoms. The Morgan fingerprint density at radius 1 is 0.833 bits per heavy atom. The van der Waals surface area contributed by atoms with Crippen molar-refractivity contribution in [3.05, 3.63) is 29.8 Å². The van der Waals surface area contributed by atoms with Crippen LogP contribution in [0.5, 0.6) is 5.75 Å². The highest BCUT2D eigenvalue weighted by Gasteiger charge is 2.44.